The van der Waals surface area contributed by atoms with Crippen molar-refractivity contribution in [1.82, 2.24) is 24.3 Å². The van der Waals surface area contributed by atoms with Crippen LogP contribution in [0.25, 0.3) is 0 Å². The van der Waals surface area contributed by atoms with Crippen LogP contribution in [0.1, 0.15) is 5.82 Å². The molecule has 0 aliphatic heterocycles. The highest BCUT2D eigenvalue weighted by molar-refractivity contribution is 4.89. The molecule has 0 unspecified atom stereocenters. The molecule has 0 aromatic carbocycles. The first-order valence-electron chi connectivity index (χ1n) is 4.12. The van der Waals surface area contributed by atoms with Gasteiger partial charge in [0, 0.05) is 19.4 Å². The molecule has 0 N–H and O–H groups in total. The topological polar surface area (TPSA) is 65.6 Å². The Morgan fingerprint density at radius 3 is 3.00 bits per heavy atom. The van der Waals surface area contributed by atoms with Crippen LogP contribution >= 0.6 is 0 Å². The third-order valence-electron chi connectivity index (χ3n) is 1.90. The molecule has 14 heavy (non-hydrogen) atoms. The van der Waals surface area contributed by atoms with Crippen LogP contribution in [0.4, 0.5) is 0 Å². The van der Waals surface area contributed by atoms with Crippen LogP contribution in [0, 0.1) is 0 Å². The molecule has 0 saturated heterocycles. The van der Waals surface area contributed by atoms with E-state index < -0.39 is 0 Å². The van der Waals surface area contributed by atoms with Crippen molar-refractivity contribution in [3.63, 3.8) is 0 Å². The van der Waals surface area contributed by atoms with E-state index in [0.717, 1.165) is 5.82 Å². The van der Waals surface area contributed by atoms with Gasteiger partial charge in [0.05, 0.1) is 6.54 Å². The van der Waals surface area contributed by atoms with Crippen LogP contribution in [-0.4, -0.2) is 24.3 Å². The minimum atomic E-state index is -0.282. The van der Waals surface area contributed by atoms with E-state index in [1.54, 1.807) is 23.2 Å². The van der Waals surface area contributed by atoms with Gasteiger partial charge in [-0.15, -0.1) is 10.2 Å². The van der Waals surface area contributed by atoms with Crippen molar-refractivity contribution in [2.45, 2.75) is 6.54 Å². The average Bonchev–Trinajstić information content (AvgIpc) is 2.56. The standard InChI is InChI=1S/C8H9N5O/c1-12-6-10-11-7(12)5-13-4-2-3-9-8(13)14/h2-4,6H,5H2,1H3. The summed E-state index contributed by atoms with van der Waals surface area (Å²) in [6.07, 6.45) is 4.73. The van der Waals surface area contributed by atoms with Crippen LogP contribution in [0.5, 0.6) is 0 Å². The van der Waals surface area contributed by atoms with Crippen molar-refractivity contribution in [2.24, 2.45) is 7.05 Å². The molecule has 2 aromatic heterocycles. The predicted octanol–water partition coefficient (Wildman–Crippen LogP) is -0.580. The van der Waals surface area contributed by atoms with Gasteiger partial charge >= 0.3 is 5.69 Å². The Kier molecular flexibility index (Phi) is 2.10. The van der Waals surface area contributed by atoms with Gasteiger partial charge in [0.1, 0.15) is 6.33 Å². The van der Waals surface area contributed by atoms with Crippen LogP contribution in [-0.2, 0) is 13.6 Å². The van der Waals surface area contributed by atoms with Crippen LogP contribution in [0.15, 0.2) is 29.6 Å². The third kappa shape index (κ3) is 1.54. The van der Waals surface area contributed by atoms with Crippen LogP contribution < -0.4 is 5.69 Å². The molecule has 0 fully saturated rings. The molecular formula is C8H9N5O. The zero-order valence-corrected chi connectivity index (χ0v) is 7.66. The van der Waals surface area contributed by atoms with E-state index in [0.29, 0.717) is 6.54 Å². The van der Waals surface area contributed by atoms with E-state index in [-0.39, 0.29) is 5.69 Å². The van der Waals surface area contributed by atoms with Gasteiger partial charge in [0.15, 0.2) is 5.82 Å². The smallest absolute Gasteiger partial charge is 0.319 e. The Labute approximate surface area is 79.9 Å². The normalized spacial score (nSPS) is 10.4. The fraction of sp³-hybridized carbons (Fsp3) is 0.250. The number of nitrogens with zero attached hydrogens (tertiary/aromatic N) is 5. The maximum atomic E-state index is 11.3. The lowest BCUT2D eigenvalue weighted by molar-refractivity contribution is 0.659. The maximum Gasteiger partial charge on any atom is 0.347 e. The second-order valence-corrected chi connectivity index (χ2v) is 2.89. The average molecular weight is 191 g/mol. The van der Waals surface area contributed by atoms with E-state index in [2.05, 4.69) is 15.2 Å². The van der Waals surface area contributed by atoms with Crippen molar-refractivity contribution >= 4 is 0 Å². The Bertz CT molecular complexity index is 486. The van der Waals surface area contributed by atoms with Crippen molar-refractivity contribution in [3.8, 4) is 0 Å². The maximum absolute atomic E-state index is 11.3. The summed E-state index contributed by atoms with van der Waals surface area (Å²) in [6.45, 7) is 0.392. The summed E-state index contributed by atoms with van der Waals surface area (Å²) < 4.78 is 3.24. The van der Waals surface area contributed by atoms with Crippen molar-refractivity contribution in [1.29, 1.82) is 0 Å². The van der Waals surface area contributed by atoms with Crippen molar-refractivity contribution in [2.75, 3.05) is 0 Å². The number of hydrogen-bond donors (Lipinski definition) is 0. The lowest BCUT2D eigenvalue weighted by atomic mass is 10.5. The highest BCUT2D eigenvalue weighted by atomic mass is 16.1. The second kappa shape index (κ2) is 3.41. The molecule has 6 heteroatoms. The SMILES string of the molecule is Cn1cnnc1Cn1cccnc1=O. The van der Waals surface area contributed by atoms with Crippen molar-refractivity contribution in [3.05, 3.63) is 41.1 Å². The third-order valence-corrected chi connectivity index (χ3v) is 1.90. The highest BCUT2D eigenvalue weighted by Crippen LogP contribution is 1.93. The molecule has 0 aliphatic carbocycles. The number of aromatic nitrogens is 5. The first kappa shape index (κ1) is 8.61. The van der Waals surface area contributed by atoms with E-state index >= 15 is 0 Å². The Morgan fingerprint density at radius 1 is 1.50 bits per heavy atom. The Balaban J connectivity index is 2.32. The molecule has 0 atom stereocenters. The fourth-order valence-corrected chi connectivity index (χ4v) is 1.11. The zero-order valence-electron chi connectivity index (χ0n) is 7.66. The van der Waals surface area contributed by atoms with E-state index in [1.165, 1.54) is 10.8 Å². The van der Waals surface area contributed by atoms with Gasteiger partial charge in [0.2, 0.25) is 0 Å². The number of aryl methyl sites for hydroxylation is 1. The number of rotatable bonds is 2. The second-order valence-electron chi connectivity index (χ2n) is 2.89. The largest absolute Gasteiger partial charge is 0.347 e. The summed E-state index contributed by atoms with van der Waals surface area (Å²) in [5.74, 6) is 0.722. The van der Waals surface area contributed by atoms with Crippen LogP contribution in [0.2, 0.25) is 0 Å². The molecule has 0 aliphatic rings. The molecule has 0 spiro atoms. The highest BCUT2D eigenvalue weighted by Gasteiger charge is 2.02. The molecule has 2 aromatic rings. The summed E-state index contributed by atoms with van der Waals surface area (Å²) in [5, 5.41) is 7.60. The summed E-state index contributed by atoms with van der Waals surface area (Å²) in [7, 11) is 1.83. The lowest BCUT2D eigenvalue weighted by Gasteiger charge is -2.02. The van der Waals surface area contributed by atoms with Crippen LogP contribution in [0.3, 0.4) is 0 Å². The monoisotopic (exact) mass is 191 g/mol. The molecule has 0 radical (unpaired) electrons. The van der Waals surface area contributed by atoms with Gasteiger partial charge in [-0.25, -0.2) is 9.78 Å². The molecule has 0 bridgehead atoms. The van der Waals surface area contributed by atoms with Gasteiger partial charge in [0.25, 0.3) is 0 Å². The molecule has 0 saturated carbocycles. The summed E-state index contributed by atoms with van der Waals surface area (Å²) in [5.41, 5.74) is -0.282. The van der Waals surface area contributed by atoms with E-state index in [4.69, 9.17) is 0 Å². The summed E-state index contributed by atoms with van der Waals surface area (Å²) in [6, 6.07) is 1.71. The molecule has 6 nitrogen and oxygen atoms in total. The van der Waals surface area contributed by atoms with E-state index in [9.17, 15) is 4.79 Å². The minimum Gasteiger partial charge on any atom is -0.319 e. The van der Waals surface area contributed by atoms with Gasteiger partial charge in [-0.3, -0.25) is 4.57 Å². The molecule has 0 amide bonds. The predicted molar refractivity (Wildman–Crippen MR) is 48.6 cm³/mol. The number of hydrogen-bond acceptors (Lipinski definition) is 4. The van der Waals surface area contributed by atoms with Crippen molar-refractivity contribution < 1.29 is 0 Å². The van der Waals surface area contributed by atoms with Gasteiger partial charge in [-0.2, -0.15) is 0 Å². The molecular weight excluding hydrogens is 182 g/mol. The zero-order chi connectivity index (χ0) is 9.97. The summed E-state index contributed by atoms with van der Waals surface area (Å²) >= 11 is 0. The first-order chi connectivity index (χ1) is 6.77. The summed E-state index contributed by atoms with van der Waals surface area (Å²) in [4.78, 5) is 14.9. The van der Waals surface area contributed by atoms with E-state index in [1.807, 2.05) is 7.05 Å². The van der Waals surface area contributed by atoms with Gasteiger partial charge in [-0.1, -0.05) is 0 Å². The lowest BCUT2D eigenvalue weighted by Crippen LogP contribution is -2.23. The molecule has 2 heterocycles. The quantitative estimate of drug-likeness (QED) is 0.637. The first-order valence-corrected chi connectivity index (χ1v) is 4.12. The Hall–Kier alpha value is -1.98. The van der Waals surface area contributed by atoms with Gasteiger partial charge < -0.3 is 4.57 Å². The minimum absolute atomic E-state index is 0.282. The molecule has 2 rings (SSSR count). The molecule has 72 valence electrons. The fourth-order valence-electron chi connectivity index (χ4n) is 1.11. The Morgan fingerprint density at radius 2 is 2.36 bits per heavy atom. The van der Waals surface area contributed by atoms with Gasteiger partial charge in [-0.05, 0) is 6.07 Å².